The molecule has 0 saturated carbocycles. The number of carbonyl (C=O) groups excluding carboxylic acids is 2. The fourth-order valence-electron chi connectivity index (χ4n) is 3.80. The highest BCUT2D eigenvalue weighted by Gasteiger charge is 2.30. The summed E-state index contributed by atoms with van der Waals surface area (Å²) in [4.78, 5) is 31.3. The predicted molar refractivity (Wildman–Crippen MR) is 111 cm³/mol. The van der Waals surface area contributed by atoms with Gasteiger partial charge in [0.25, 0.3) is 11.8 Å². The number of nitrogens with zero attached hydrogens (tertiary/aromatic N) is 3. The zero-order valence-electron chi connectivity index (χ0n) is 18.3. The van der Waals surface area contributed by atoms with Gasteiger partial charge in [-0.3, -0.25) is 9.59 Å². The number of amides is 2. The van der Waals surface area contributed by atoms with E-state index in [2.05, 4.69) is 29.3 Å². The molecule has 1 aromatic heterocycles. The topological polar surface area (TPSA) is 97.6 Å². The molecule has 3 rings (SSSR count). The maximum atomic E-state index is 12.6. The summed E-state index contributed by atoms with van der Waals surface area (Å²) in [7, 11) is 0. The molecule has 0 radical (unpaired) electrons. The molecule has 0 spiro atoms. The summed E-state index contributed by atoms with van der Waals surface area (Å²) < 4.78 is 10.7. The van der Waals surface area contributed by atoms with Crippen molar-refractivity contribution >= 4 is 11.8 Å². The molecule has 1 N–H and O–H groups in total. The number of rotatable bonds is 6. The number of likely N-dealkylation sites (tertiary alicyclic amines) is 1. The highest BCUT2D eigenvalue weighted by Crippen LogP contribution is 2.23. The summed E-state index contributed by atoms with van der Waals surface area (Å²) in [6.45, 7) is 9.47. The molecule has 0 bridgehead atoms. The van der Waals surface area contributed by atoms with Crippen LogP contribution in [0.15, 0.2) is 28.8 Å². The number of hydrogen-bond acceptors (Lipinski definition) is 6. The smallest absolute Gasteiger partial charge is 0.260 e. The third kappa shape index (κ3) is 4.98. The van der Waals surface area contributed by atoms with Crippen LogP contribution in [0.5, 0.6) is 5.75 Å². The third-order valence-electron chi connectivity index (χ3n) is 5.47. The number of ether oxygens (including phenoxy) is 1. The van der Waals surface area contributed by atoms with Gasteiger partial charge < -0.3 is 19.5 Å². The fourth-order valence-corrected chi connectivity index (χ4v) is 3.80. The monoisotopic (exact) mass is 414 g/mol. The van der Waals surface area contributed by atoms with Crippen LogP contribution in [0, 0.1) is 6.92 Å². The zero-order valence-corrected chi connectivity index (χ0v) is 18.3. The van der Waals surface area contributed by atoms with Crippen LogP contribution in [0.1, 0.15) is 69.0 Å². The summed E-state index contributed by atoms with van der Waals surface area (Å²) in [5, 5.41) is 6.78. The summed E-state index contributed by atoms with van der Waals surface area (Å²) in [6.07, 6.45) is 3.21. The molecule has 0 aliphatic carbocycles. The highest BCUT2D eigenvalue weighted by molar-refractivity contribution is 5.94. The summed E-state index contributed by atoms with van der Waals surface area (Å²) in [5.74, 6) is 1.13. The van der Waals surface area contributed by atoms with Crippen molar-refractivity contribution in [2.45, 2.75) is 71.5 Å². The van der Waals surface area contributed by atoms with Gasteiger partial charge in [0.2, 0.25) is 5.89 Å². The Hall–Kier alpha value is -2.90. The van der Waals surface area contributed by atoms with Crippen LogP contribution in [0.2, 0.25) is 0 Å². The molecule has 8 nitrogen and oxygen atoms in total. The van der Waals surface area contributed by atoms with E-state index in [9.17, 15) is 9.59 Å². The molecule has 30 heavy (non-hydrogen) atoms. The zero-order chi connectivity index (χ0) is 21.9. The second-order valence-corrected chi connectivity index (χ2v) is 8.46. The maximum absolute atomic E-state index is 12.6. The van der Waals surface area contributed by atoms with Gasteiger partial charge in [-0.1, -0.05) is 5.16 Å². The molecule has 1 aliphatic heterocycles. The predicted octanol–water partition coefficient (Wildman–Crippen LogP) is 3.21. The lowest BCUT2D eigenvalue weighted by molar-refractivity contribution is -0.139. The van der Waals surface area contributed by atoms with E-state index in [1.807, 2.05) is 4.90 Å². The summed E-state index contributed by atoms with van der Waals surface area (Å²) >= 11 is 0. The minimum atomic E-state index is -0.780. The minimum Gasteiger partial charge on any atom is -0.484 e. The lowest BCUT2D eigenvalue weighted by atomic mass is 9.97. The van der Waals surface area contributed by atoms with Crippen molar-refractivity contribution in [1.29, 1.82) is 0 Å². The van der Waals surface area contributed by atoms with Crippen molar-refractivity contribution in [3.05, 3.63) is 41.5 Å². The van der Waals surface area contributed by atoms with E-state index in [0.29, 0.717) is 23.0 Å². The first-order valence-electron chi connectivity index (χ1n) is 10.3. The molecular formula is C22H30N4O4. The molecule has 2 heterocycles. The lowest BCUT2D eigenvalue weighted by Gasteiger charge is -2.38. The Morgan fingerprint density at radius 2 is 1.83 bits per heavy atom. The second-order valence-electron chi connectivity index (χ2n) is 8.46. The third-order valence-corrected chi connectivity index (χ3v) is 5.47. The summed E-state index contributed by atoms with van der Waals surface area (Å²) in [5.41, 5.74) is -0.307. The van der Waals surface area contributed by atoms with Crippen molar-refractivity contribution in [3.63, 3.8) is 0 Å². The van der Waals surface area contributed by atoms with Crippen LogP contribution in [0.3, 0.4) is 0 Å². The molecule has 2 unspecified atom stereocenters. The Morgan fingerprint density at radius 1 is 1.20 bits per heavy atom. The molecule has 2 atom stereocenters. The number of benzene rings is 1. The standard InChI is InChI=1S/C22H30N4O4/c1-14-7-6-8-15(2)26(14)19(27)13-29-18-11-9-17(10-12-18)20(28)24-22(4,5)21-23-16(3)30-25-21/h9-12,14-15H,6-8,13H2,1-5H3,(H,24,28). The van der Waals surface area contributed by atoms with E-state index in [1.54, 1.807) is 45.0 Å². The van der Waals surface area contributed by atoms with Crippen LogP contribution in [0.25, 0.3) is 0 Å². The van der Waals surface area contributed by atoms with Gasteiger partial charge in [-0.25, -0.2) is 0 Å². The average molecular weight is 415 g/mol. The van der Waals surface area contributed by atoms with Crippen LogP contribution < -0.4 is 10.1 Å². The quantitative estimate of drug-likeness (QED) is 0.779. The molecule has 1 fully saturated rings. The van der Waals surface area contributed by atoms with Gasteiger partial charge in [-0.15, -0.1) is 0 Å². The fraction of sp³-hybridized carbons (Fsp3) is 0.545. The van der Waals surface area contributed by atoms with Crippen molar-refractivity contribution in [2.75, 3.05) is 6.61 Å². The SMILES string of the molecule is Cc1nc(C(C)(C)NC(=O)c2ccc(OCC(=O)N3C(C)CCCC3C)cc2)no1. The first-order valence-corrected chi connectivity index (χ1v) is 10.3. The second kappa shape index (κ2) is 8.85. The van der Waals surface area contributed by atoms with Gasteiger partial charge in [-0.2, -0.15) is 4.98 Å². The minimum absolute atomic E-state index is 0.00586. The van der Waals surface area contributed by atoms with E-state index in [1.165, 1.54) is 0 Å². The number of piperidine rings is 1. The van der Waals surface area contributed by atoms with Gasteiger partial charge in [0.1, 0.15) is 5.75 Å². The molecule has 1 aromatic carbocycles. The van der Waals surface area contributed by atoms with Crippen molar-refractivity contribution in [3.8, 4) is 5.75 Å². The number of aromatic nitrogens is 2. The average Bonchev–Trinajstić information content (AvgIpc) is 3.14. The number of hydrogen-bond donors (Lipinski definition) is 1. The van der Waals surface area contributed by atoms with Crippen LogP contribution >= 0.6 is 0 Å². The Morgan fingerprint density at radius 3 is 2.40 bits per heavy atom. The number of aryl methyl sites for hydroxylation is 1. The highest BCUT2D eigenvalue weighted by atomic mass is 16.5. The van der Waals surface area contributed by atoms with E-state index in [0.717, 1.165) is 19.3 Å². The maximum Gasteiger partial charge on any atom is 0.260 e. The number of carbonyl (C=O) groups is 2. The van der Waals surface area contributed by atoms with Crippen molar-refractivity contribution in [1.82, 2.24) is 20.4 Å². The normalized spacial score (nSPS) is 19.4. The van der Waals surface area contributed by atoms with Crippen LogP contribution in [-0.2, 0) is 10.3 Å². The Kier molecular flexibility index (Phi) is 6.43. The van der Waals surface area contributed by atoms with Crippen molar-refractivity contribution in [2.24, 2.45) is 0 Å². The molecule has 162 valence electrons. The number of nitrogens with one attached hydrogen (secondary N) is 1. The Labute approximate surface area is 177 Å². The van der Waals surface area contributed by atoms with Gasteiger partial charge in [0.15, 0.2) is 12.4 Å². The van der Waals surface area contributed by atoms with E-state index in [4.69, 9.17) is 9.26 Å². The molecule has 8 heteroatoms. The van der Waals surface area contributed by atoms with E-state index in [-0.39, 0.29) is 30.5 Å². The van der Waals surface area contributed by atoms with E-state index < -0.39 is 5.54 Å². The van der Waals surface area contributed by atoms with Gasteiger partial charge >= 0.3 is 0 Å². The largest absolute Gasteiger partial charge is 0.484 e. The first-order chi connectivity index (χ1) is 14.2. The lowest BCUT2D eigenvalue weighted by Crippen LogP contribution is -2.49. The molecular weight excluding hydrogens is 384 g/mol. The molecule has 2 aromatic rings. The Balaban J connectivity index is 1.56. The molecule has 1 saturated heterocycles. The first kappa shape index (κ1) is 21.8. The van der Waals surface area contributed by atoms with E-state index >= 15 is 0 Å². The van der Waals surface area contributed by atoms with Gasteiger partial charge in [0, 0.05) is 24.6 Å². The molecule has 1 aliphatic rings. The van der Waals surface area contributed by atoms with Crippen LogP contribution in [-0.4, -0.2) is 45.5 Å². The Bertz CT molecular complexity index is 881. The van der Waals surface area contributed by atoms with Crippen LogP contribution in [0.4, 0.5) is 0 Å². The molecule has 2 amide bonds. The van der Waals surface area contributed by atoms with Gasteiger partial charge in [0.05, 0.1) is 5.54 Å². The summed E-state index contributed by atoms with van der Waals surface area (Å²) in [6, 6.07) is 7.19. The van der Waals surface area contributed by atoms with Crippen molar-refractivity contribution < 1.29 is 18.8 Å². The van der Waals surface area contributed by atoms with Gasteiger partial charge in [-0.05, 0) is 71.2 Å².